The maximum atomic E-state index is 13.1. The predicted molar refractivity (Wildman–Crippen MR) is 95.8 cm³/mol. The molecule has 0 fully saturated rings. The second-order valence-corrected chi connectivity index (χ2v) is 6.46. The van der Waals surface area contributed by atoms with E-state index in [0.29, 0.717) is 11.7 Å². The molecule has 0 aliphatic carbocycles. The molecule has 0 saturated carbocycles. The molecule has 0 radical (unpaired) electrons. The van der Waals surface area contributed by atoms with Crippen LogP contribution in [-0.4, -0.2) is 22.5 Å². The highest BCUT2D eigenvalue weighted by atomic mass is 32.1. The normalized spacial score (nSPS) is 12.1. The van der Waals surface area contributed by atoms with Crippen molar-refractivity contribution in [1.29, 1.82) is 0 Å². The number of hydrogen-bond acceptors (Lipinski definition) is 3. The highest BCUT2D eigenvalue weighted by Gasteiger charge is 2.21. The quantitative estimate of drug-likeness (QED) is 0.720. The van der Waals surface area contributed by atoms with Crippen molar-refractivity contribution < 1.29 is 9.18 Å². The van der Waals surface area contributed by atoms with Crippen LogP contribution >= 0.6 is 11.3 Å². The summed E-state index contributed by atoms with van der Waals surface area (Å²) in [6, 6.07) is 13.6. The number of hydrogen-bond donors (Lipinski definition) is 1. The zero-order valence-corrected chi connectivity index (χ0v) is 14.3. The standard InChI is InChI=1S/C18H18FN3OS/c1-3-22(12(2)13-8-10-14(19)11-9-13)18(23)21-17-20-15-6-4-5-7-16(15)24-17/h4-12H,3H2,1-2H3,(H,20,21,23). The zero-order chi connectivity index (χ0) is 17.1. The Labute approximate surface area is 143 Å². The van der Waals surface area contributed by atoms with Crippen molar-refractivity contribution in [3.8, 4) is 0 Å². The van der Waals surface area contributed by atoms with Gasteiger partial charge in [0.2, 0.25) is 0 Å². The van der Waals surface area contributed by atoms with Crippen molar-refractivity contribution >= 4 is 32.7 Å². The Hall–Kier alpha value is -2.47. The number of aromatic nitrogens is 1. The third kappa shape index (κ3) is 3.38. The largest absolute Gasteiger partial charge is 0.324 e. The van der Waals surface area contributed by atoms with Gasteiger partial charge in [-0.25, -0.2) is 14.2 Å². The molecule has 24 heavy (non-hydrogen) atoms. The second-order valence-electron chi connectivity index (χ2n) is 5.43. The molecule has 1 N–H and O–H groups in total. The Morgan fingerprint density at radius 3 is 2.62 bits per heavy atom. The minimum Gasteiger partial charge on any atom is -0.318 e. The molecule has 6 heteroatoms. The fourth-order valence-corrected chi connectivity index (χ4v) is 3.46. The lowest BCUT2D eigenvalue weighted by Gasteiger charge is -2.28. The second kappa shape index (κ2) is 6.97. The molecule has 2 amide bonds. The van der Waals surface area contributed by atoms with Crippen LogP contribution in [0.3, 0.4) is 0 Å². The van der Waals surface area contributed by atoms with Gasteiger partial charge < -0.3 is 4.90 Å². The number of amides is 2. The molecule has 2 aromatic carbocycles. The van der Waals surface area contributed by atoms with Gasteiger partial charge in [0.15, 0.2) is 5.13 Å². The number of para-hydroxylation sites is 1. The maximum Gasteiger partial charge on any atom is 0.324 e. The summed E-state index contributed by atoms with van der Waals surface area (Å²) in [6.45, 7) is 4.38. The van der Waals surface area contributed by atoms with Crippen LogP contribution in [0.25, 0.3) is 10.2 Å². The first kappa shape index (κ1) is 16.4. The molecule has 4 nitrogen and oxygen atoms in total. The Kier molecular flexibility index (Phi) is 4.76. The van der Waals surface area contributed by atoms with E-state index in [9.17, 15) is 9.18 Å². The summed E-state index contributed by atoms with van der Waals surface area (Å²) >= 11 is 1.44. The first-order valence-corrected chi connectivity index (χ1v) is 8.58. The number of anilines is 1. The van der Waals surface area contributed by atoms with Gasteiger partial charge >= 0.3 is 6.03 Å². The molecule has 1 unspecified atom stereocenters. The zero-order valence-electron chi connectivity index (χ0n) is 13.5. The van der Waals surface area contributed by atoms with E-state index in [4.69, 9.17) is 0 Å². The van der Waals surface area contributed by atoms with E-state index < -0.39 is 0 Å². The van der Waals surface area contributed by atoms with Gasteiger partial charge in [-0.15, -0.1) is 0 Å². The number of benzene rings is 2. The van der Waals surface area contributed by atoms with Crippen LogP contribution in [-0.2, 0) is 0 Å². The molecule has 0 aliphatic rings. The molecule has 3 rings (SSSR count). The molecule has 3 aromatic rings. The third-order valence-electron chi connectivity index (χ3n) is 3.93. The number of rotatable bonds is 4. The Morgan fingerprint density at radius 2 is 1.96 bits per heavy atom. The van der Waals surface area contributed by atoms with Crippen molar-refractivity contribution in [2.45, 2.75) is 19.9 Å². The number of nitrogens with one attached hydrogen (secondary N) is 1. The van der Waals surface area contributed by atoms with Gasteiger partial charge in [0.05, 0.1) is 16.3 Å². The summed E-state index contributed by atoms with van der Waals surface area (Å²) in [4.78, 5) is 18.7. The Morgan fingerprint density at radius 1 is 1.25 bits per heavy atom. The highest BCUT2D eigenvalue weighted by Crippen LogP contribution is 2.27. The average molecular weight is 343 g/mol. The lowest BCUT2D eigenvalue weighted by Crippen LogP contribution is -2.36. The lowest BCUT2D eigenvalue weighted by atomic mass is 10.1. The monoisotopic (exact) mass is 343 g/mol. The third-order valence-corrected chi connectivity index (χ3v) is 4.88. The fourth-order valence-electron chi connectivity index (χ4n) is 2.60. The van der Waals surface area contributed by atoms with Crippen LogP contribution in [0.1, 0.15) is 25.5 Å². The number of urea groups is 1. The van der Waals surface area contributed by atoms with Crippen molar-refractivity contribution in [3.63, 3.8) is 0 Å². The van der Waals surface area contributed by atoms with Crippen LogP contribution in [0.15, 0.2) is 48.5 Å². The summed E-state index contributed by atoms with van der Waals surface area (Å²) in [5, 5.41) is 3.44. The van der Waals surface area contributed by atoms with Gasteiger partial charge in [-0.05, 0) is 43.7 Å². The van der Waals surface area contributed by atoms with Crippen LogP contribution in [0.5, 0.6) is 0 Å². The minimum absolute atomic E-state index is 0.162. The maximum absolute atomic E-state index is 13.1. The summed E-state index contributed by atoms with van der Waals surface area (Å²) < 4.78 is 14.1. The average Bonchev–Trinajstić information content (AvgIpc) is 2.98. The molecule has 1 heterocycles. The summed E-state index contributed by atoms with van der Waals surface area (Å²) in [6.07, 6.45) is 0. The topological polar surface area (TPSA) is 45.2 Å². The van der Waals surface area contributed by atoms with Gasteiger partial charge in [0, 0.05) is 6.54 Å². The van der Waals surface area contributed by atoms with E-state index in [1.54, 1.807) is 17.0 Å². The van der Waals surface area contributed by atoms with Crippen molar-refractivity contribution in [1.82, 2.24) is 9.88 Å². The Balaban J connectivity index is 1.76. The molecule has 0 spiro atoms. The number of carbonyl (C=O) groups is 1. The van der Waals surface area contributed by atoms with Crippen LogP contribution in [0.2, 0.25) is 0 Å². The van der Waals surface area contributed by atoms with Crippen molar-refractivity contribution in [3.05, 3.63) is 59.9 Å². The number of carbonyl (C=O) groups excluding carboxylic acids is 1. The molecule has 1 aromatic heterocycles. The van der Waals surface area contributed by atoms with Gasteiger partial charge in [0.25, 0.3) is 0 Å². The number of halogens is 1. The van der Waals surface area contributed by atoms with Crippen LogP contribution in [0, 0.1) is 5.82 Å². The minimum atomic E-state index is -0.284. The van der Waals surface area contributed by atoms with E-state index in [1.807, 2.05) is 38.1 Å². The van der Waals surface area contributed by atoms with Gasteiger partial charge in [-0.3, -0.25) is 5.32 Å². The van der Waals surface area contributed by atoms with E-state index >= 15 is 0 Å². The molecular formula is C18H18FN3OS. The van der Waals surface area contributed by atoms with Crippen LogP contribution < -0.4 is 5.32 Å². The number of thiazole rings is 1. The van der Waals surface area contributed by atoms with Crippen molar-refractivity contribution in [2.24, 2.45) is 0 Å². The van der Waals surface area contributed by atoms with Gasteiger partial charge in [-0.2, -0.15) is 0 Å². The molecule has 0 saturated heterocycles. The number of nitrogens with zero attached hydrogens (tertiary/aromatic N) is 2. The number of fused-ring (bicyclic) bond motifs is 1. The molecular weight excluding hydrogens is 325 g/mol. The van der Waals surface area contributed by atoms with Gasteiger partial charge in [-0.1, -0.05) is 35.6 Å². The molecule has 1 atom stereocenters. The summed E-state index contributed by atoms with van der Waals surface area (Å²) in [5.41, 5.74) is 1.75. The van der Waals surface area contributed by atoms with Gasteiger partial charge in [0.1, 0.15) is 5.82 Å². The van der Waals surface area contributed by atoms with E-state index in [-0.39, 0.29) is 17.9 Å². The first-order chi connectivity index (χ1) is 11.6. The van der Waals surface area contributed by atoms with E-state index in [0.717, 1.165) is 15.8 Å². The SMILES string of the molecule is CCN(C(=O)Nc1nc2ccccc2s1)C(C)c1ccc(F)cc1. The smallest absolute Gasteiger partial charge is 0.318 e. The highest BCUT2D eigenvalue weighted by molar-refractivity contribution is 7.22. The summed E-state index contributed by atoms with van der Waals surface area (Å²) in [5.74, 6) is -0.284. The van der Waals surface area contributed by atoms with E-state index in [1.165, 1.54) is 23.5 Å². The molecule has 124 valence electrons. The van der Waals surface area contributed by atoms with Crippen LogP contribution in [0.4, 0.5) is 14.3 Å². The molecule has 0 bridgehead atoms. The molecule has 0 aliphatic heterocycles. The van der Waals surface area contributed by atoms with E-state index in [2.05, 4.69) is 10.3 Å². The fraction of sp³-hybridized carbons (Fsp3) is 0.222. The predicted octanol–water partition coefficient (Wildman–Crippen LogP) is 5.05. The summed E-state index contributed by atoms with van der Waals surface area (Å²) in [7, 11) is 0. The lowest BCUT2D eigenvalue weighted by molar-refractivity contribution is 0.197. The Bertz CT molecular complexity index is 814. The van der Waals surface area contributed by atoms with Crippen molar-refractivity contribution in [2.75, 3.05) is 11.9 Å². The first-order valence-electron chi connectivity index (χ1n) is 7.77.